The average molecular weight is 303 g/mol. The van der Waals surface area contributed by atoms with E-state index >= 15 is 0 Å². The average Bonchev–Trinajstić information content (AvgIpc) is 2.95. The number of anilines is 1. The highest BCUT2D eigenvalue weighted by Gasteiger charge is 2.16. The van der Waals surface area contributed by atoms with Gasteiger partial charge in [-0.15, -0.1) is 14.9 Å². The zero-order valence-corrected chi connectivity index (χ0v) is 12.5. The molecule has 2 aromatic rings. The largest absolute Gasteiger partial charge is 0.382 e. The van der Waals surface area contributed by atoms with Crippen LogP contribution in [0.2, 0.25) is 5.02 Å². The fraction of sp³-hybridized carbons (Fsp3) is 0.545. The predicted molar refractivity (Wildman–Crippen MR) is 75.5 cm³/mol. The number of halogens is 1. The molecule has 0 aliphatic heterocycles. The van der Waals surface area contributed by atoms with Crippen molar-refractivity contribution in [3.63, 3.8) is 0 Å². The second kappa shape index (κ2) is 6.83. The van der Waals surface area contributed by atoms with Gasteiger partial charge in [-0.2, -0.15) is 5.10 Å². The van der Waals surface area contributed by atoms with Crippen molar-refractivity contribution in [2.75, 3.05) is 25.1 Å². The van der Waals surface area contributed by atoms with Gasteiger partial charge in [-0.25, -0.2) is 0 Å². The van der Waals surface area contributed by atoms with E-state index in [2.05, 4.69) is 20.6 Å². The predicted octanol–water partition coefficient (Wildman–Crippen LogP) is 1.85. The summed E-state index contributed by atoms with van der Waals surface area (Å²) in [6, 6.07) is 0. The molecule has 6 nitrogen and oxygen atoms in total. The normalized spacial score (nSPS) is 10.9. The summed E-state index contributed by atoms with van der Waals surface area (Å²) in [6.07, 6.45) is 2.74. The minimum atomic E-state index is 0.640. The SMILES string of the molecule is CCOCCCNc1nnc(-c2[nH][n+](C)cc2Cl)s1. The summed E-state index contributed by atoms with van der Waals surface area (Å²) in [4.78, 5) is 0. The Bertz CT molecular complexity index is 527. The zero-order chi connectivity index (χ0) is 13.7. The molecule has 0 saturated carbocycles. The summed E-state index contributed by atoms with van der Waals surface area (Å²) >= 11 is 7.57. The highest BCUT2D eigenvalue weighted by molar-refractivity contribution is 7.18. The van der Waals surface area contributed by atoms with Crippen LogP contribution in [0.5, 0.6) is 0 Å². The van der Waals surface area contributed by atoms with Gasteiger partial charge >= 0.3 is 0 Å². The van der Waals surface area contributed by atoms with E-state index in [1.807, 2.05) is 14.0 Å². The van der Waals surface area contributed by atoms with Crippen molar-refractivity contribution in [2.45, 2.75) is 13.3 Å². The van der Waals surface area contributed by atoms with Crippen LogP contribution in [0.3, 0.4) is 0 Å². The molecule has 2 rings (SSSR count). The quantitative estimate of drug-likeness (QED) is 0.605. The summed E-state index contributed by atoms with van der Waals surface area (Å²) < 4.78 is 7.05. The van der Waals surface area contributed by atoms with Gasteiger partial charge in [-0.3, -0.25) is 0 Å². The van der Waals surface area contributed by atoms with Crippen LogP contribution in [-0.4, -0.2) is 35.1 Å². The van der Waals surface area contributed by atoms with Crippen LogP contribution in [0.1, 0.15) is 13.3 Å². The molecular weight excluding hydrogens is 286 g/mol. The minimum absolute atomic E-state index is 0.640. The van der Waals surface area contributed by atoms with Crippen molar-refractivity contribution in [3.8, 4) is 10.7 Å². The van der Waals surface area contributed by atoms with Crippen molar-refractivity contribution < 1.29 is 9.42 Å². The van der Waals surface area contributed by atoms with Gasteiger partial charge in [0, 0.05) is 19.8 Å². The third-order valence-electron chi connectivity index (χ3n) is 2.42. The molecule has 104 valence electrons. The lowest BCUT2D eigenvalue weighted by Crippen LogP contribution is -2.28. The second-order valence-electron chi connectivity index (χ2n) is 3.96. The Balaban J connectivity index is 1.90. The second-order valence-corrected chi connectivity index (χ2v) is 5.35. The summed E-state index contributed by atoms with van der Waals surface area (Å²) in [6.45, 7) is 4.32. The topological polar surface area (TPSA) is 66.7 Å². The van der Waals surface area contributed by atoms with E-state index in [1.54, 1.807) is 10.9 Å². The molecule has 2 N–H and O–H groups in total. The number of hydrogen-bond acceptors (Lipinski definition) is 5. The van der Waals surface area contributed by atoms with E-state index in [-0.39, 0.29) is 0 Å². The third kappa shape index (κ3) is 3.89. The summed E-state index contributed by atoms with van der Waals surface area (Å²) in [5.74, 6) is 0. The molecule has 0 aliphatic carbocycles. The first-order valence-corrected chi connectivity index (χ1v) is 7.29. The smallest absolute Gasteiger partial charge is 0.214 e. The molecule has 8 heteroatoms. The van der Waals surface area contributed by atoms with E-state index in [0.29, 0.717) is 5.02 Å². The van der Waals surface area contributed by atoms with Crippen LogP contribution in [-0.2, 0) is 11.8 Å². The standard InChI is InChI=1S/C11H16ClN5OS/c1-3-18-6-4-5-13-11-15-14-10(19-11)9-8(12)7-17(2)16-9/h7H,3-6H2,1-2H3,(H,13,15,16)/p+1. The van der Waals surface area contributed by atoms with Gasteiger partial charge in [-0.05, 0) is 13.3 Å². The number of aryl methyl sites for hydroxylation is 1. The molecule has 19 heavy (non-hydrogen) atoms. The third-order valence-corrected chi connectivity index (χ3v) is 3.60. The van der Waals surface area contributed by atoms with Crippen molar-refractivity contribution in [3.05, 3.63) is 11.2 Å². The Hall–Kier alpha value is -1.18. The van der Waals surface area contributed by atoms with E-state index < -0.39 is 0 Å². The molecular formula is C11H17ClN5OS+. The lowest BCUT2D eigenvalue weighted by molar-refractivity contribution is -0.726. The minimum Gasteiger partial charge on any atom is -0.382 e. The number of nitrogens with zero attached hydrogens (tertiary/aromatic N) is 3. The highest BCUT2D eigenvalue weighted by Crippen LogP contribution is 2.29. The van der Waals surface area contributed by atoms with E-state index in [0.717, 1.165) is 42.0 Å². The Morgan fingerprint density at radius 1 is 1.53 bits per heavy atom. The fourth-order valence-electron chi connectivity index (χ4n) is 1.56. The van der Waals surface area contributed by atoms with Gasteiger partial charge in [0.15, 0.2) is 17.7 Å². The lowest BCUT2D eigenvalue weighted by atomic mass is 10.4. The van der Waals surface area contributed by atoms with Gasteiger partial charge in [-0.1, -0.05) is 22.9 Å². The maximum absolute atomic E-state index is 6.10. The van der Waals surface area contributed by atoms with Crippen LogP contribution in [0, 0.1) is 0 Å². The lowest BCUT2D eigenvalue weighted by Gasteiger charge is -2.01. The summed E-state index contributed by atoms with van der Waals surface area (Å²) in [5.41, 5.74) is 0.795. The number of H-pyrrole nitrogens is 1. The first kappa shape index (κ1) is 14.2. The molecule has 0 aliphatic rings. The molecule has 0 spiro atoms. The number of aromatic amines is 1. The fourth-order valence-corrected chi connectivity index (χ4v) is 2.67. The van der Waals surface area contributed by atoms with Crippen molar-refractivity contribution >= 4 is 28.1 Å². The van der Waals surface area contributed by atoms with Gasteiger partial charge in [0.1, 0.15) is 5.02 Å². The monoisotopic (exact) mass is 302 g/mol. The van der Waals surface area contributed by atoms with Gasteiger partial charge in [0.05, 0.1) is 0 Å². The maximum atomic E-state index is 6.10. The van der Waals surface area contributed by atoms with Crippen LogP contribution < -0.4 is 10.00 Å². The Morgan fingerprint density at radius 3 is 3.05 bits per heavy atom. The van der Waals surface area contributed by atoms with Crippen LogP contribution in [0.4, 0.5) is 5.13 Å². The van der Waals surface area contributed by atoms with E-state index in [1.165, 1.54) is 11.3 Å². The van der Waals surface area contributed by atoms with Crippen LogP contribution in [0.15, 0.2) is 6.20 Å². The number of aromatic nitrogens is 4. The highest BCUT2D eigenvalue weighted by atomic mass is 35.5. The number of nitrogens with one attached hydrogen (secondary N) is 2. The molecule has 0 amide bonds. The molecule has 0 bridgehead atoms. The molecule has 0 aromatic carbocycles. The molecule has 0 radical (unpaired) electrons. The van der Waals surface area contributed by atoms with Gasteiger partial charge in [0.2, 0.25) is 11.3 Å². The first-order chi connectivity index (χ1) is 9.20. The van der Waals surface area contributed by atoms with Gasteiger partial charge < -0.3 is 10.1 Å². The van der Waals surface area contributed by atoms with E-state index in [9.17, 15) is 0 Å². The molecule has 2 heterocycles. The van der Waals surface area contributed by atoms with Crippen molar-refractivity contribution in [1.29, 1.82) is 0 Å². The number of hydrogen-bond donors (Lipinski definition) is 2. The van der Waals surface area contributed by atoms with E-state index in [4.69, 9.17) is 16.3 Å². The van der Waals surface area contributed by atoms with Crippen molar-refractivity contribution in [1.82, 2.24) is 15.3 Å². The number of ether oxygens (including phenoxy) is 1. The molecule has 2 aromatic heterocycles. The summed E-state index contributed by atoms with van der Waals surface area (Å²) in [7, 11) is 1.88. The van der Waals surface area contributed by atoms with Gasteiger partial charge in [0.25, 0.3) is 0 Å². The zero-order valence-electron chi connectivity index (χ0n) is 10.9. The maximum Gasteiger partial charge on any atom is 0.214 e. The summed E-state index contributed by atoms with van der Waals surface area (Å²) in [5, 5.41) is 16.7. The van der Waals surface area contributed by atoms with Crippen molar-refractivity contribution in [2.24, 2.45) is 7.05 Å². The first-order valence-electron chi connectivity index (χ1n) is 6.10. The number of rotatable bonds is 7. The Morgan fingerprint density at radius 2 is 2.37 bits per heavy atom. The van der Waals surface area contributed by atoms with Crippen LogP contribution >= 0.6 is 22.9 Å². The molecule has 0 unspecified atom stereocenters. The Labute approximate surface area is 120 Å². The molecule has 0 fully saturated rings. The van der Waals surface area contributed by atoms with Crippen LogP contribution in [0.25, 0.3) is 10.7 Å². The molecule has 0 saturated heterocycles. The Kier molecular flexibility index (Phi) is 5.12. The molecule has 0 atom stereocenters.